The number of ether oxygens (including phenoxy) is 1. The van der Waals surface area contributed by atoms with Gasteiger partial charge in [-0.15, -0.1) is 0 Å². The van der Waals surface area contributed by atoms with E-state index in [1.807, 2.05) is 18.2 Å². The highest BCUT2D eigenvalue weighted by Crippen LogP contribution is 2.33. The second-order valence-electron chi connectivity index (χ2n) is 4.66. The van der Waals surface area contributed by atoms with Crippen molar-refractivity contribution in [3.8, 4) is 5.75 Å². The van der Waals surface area contributed by atoms with Crippen molar-refractivity contribution in [1.82, 2.24) is 5.32 Å². The molecule has 1 aliphatic rings. The van der Waals surface area contributed by atoms with Crippen LogP contribution in [0.3, 0.4) is 0 Å². The Bertz CT molecular complexity index is 372. The largest absolute Gasteiger partial charge is 0.496 e. The Morgan fingerprint density at radius 1 is 1.47 bits per heavy atom. The maximum Gasteiger partial charge on any atom is 0.122 e. The Morgan fingerprint density at radius 3 is 2.88 bits per heavy atom. The topological polar surface area (TPSA) is 21.3 Å². The van der Waals surface area contributed by atoms with Gasteiger partial charge in [-0.3, -0.25) is 0 Å². The molecular formula is C14H20FNO. The lowest BCUT2D eigenvalue weighted by Crippen LogP contribution is -2.28. The molecule has 0 bridgehead atoms. The van der Waals surface area contributed by atoms with Crippen LogP contribution in [0.5, 0.6) is 5.75 Å². The lowest BCUT2D eigenvalue weighted by atomic mass is 9.89. The molecule has 1 aromatic carbocycles. The van der Waals surface area contributed by atoms with Crippen molar-refractivity contribution in [3.05, 3.63) is 29.3 Å². The van der Waals surface area contributed by atoms with Crippen molar-refractivity contribution in [2.24, 2.45) is 0 Å². The molecule has 1 aliphatic heterocycles. The SMILES string of the molecule is COc1ccc(C(C)F)cc1C1CCCNC1. The maximum atomic E-state index is 13.4. The number of hydrogen-bond acceptors (Lipinski definition) is 2. The summed E-state index contributed by atoms with van der Waals surface area (Å²) in [7, 11) is 1.67. The fourth-order valence-corrected chi connectivity index (χ4v) is 2.44. The van der Waals surface area contributed by atoms with E-state index < -0.39 is 6.17 Å². The number of piperidine rings is 1. The summed E-state index contributed by atoms with van der Waals surface area (Å²) in [4.78, 5) is 0. The number of methoxy groups -OCH3 is 1. The minimum Gasteiger partial charge on any atom is -0.496 e. The lowest BCUT2D eigenvalue weighted by Gasteiger charge is -2.25. The zero-order valence-corrected chi connectivity index (χ0v) is 10.5. The third-order valence-electron chi connectivity index (χ3n) is 3.45. The van der Waals surface area contributed by atoms with Crippen molar-refractivity contribution in [3.63, 3.8) is 0 Å². The third kappa shape index (κ3) is 2.78. The average Bonchev–Trinajstić information content (AvgIpc) is 2.39. The lowest BCUT2D eigenvalue weighted by molar-refractivity contribution is 0.369. The Labute approximate surface area is 102 Å². The van der Waals surface area contributed by atoms with Crippen molar-refractivity contribution < 1.29 is 9.13 Å². The van der Waals surface area contributed by atoms with Crippen molar-refractivity contribution in [1.29, 1.82) is 0 Å². The van der Waals surface area contributed by atoms with Crippen LogP contribution >= 0.6 is 0 Å². The predicted octanol–water partition coefficient (Wildman–Crippen LogP) is 3.19. The van der Waals surface area contributed by atoms with Crippen molar-refractivity contribution in [2.75, 3.05) is 20.2 Å². The smallest absolute Gasteiger partial charge is 0.122 e. The molecule has 0 radical (unpaired) electrons. The van der Waals surface area contributed by atoms with Gasteiger partial charge in [0, 0.05) is 12.5 Å². The third-order valence-corrected chi connectivity index (χ3v) is 3.45. The molecule has 2 rings (SSSR count). The fourth-order valence-electron chi connectivity index (χ4n) is 2.44. The van der Waals surface area contributed by atoms with Gasteiger partial charge in [0.1, 0.15) is 11.9 Å². The van der Waals surface area contributed by atoms with Crippen LogP contribution < -0.4 is 10.1 Å². The molecule has 1 N–H and O–H groups in total. The second kappa shape index (κ2) is 5.50. The molecule has 1 aromatic rings. The molecule has 17 heavy (non-hydrogen) atoms. The zero-order chi connectivity index (χ0) is 12.3. The summed E-state index contributed by atoms with van der Waals surface area (Å²) in [6.45, 7) is 3.61. The molecule has 0 aromatic heterocycles. The Morgan fingerprint density at radius 2 is 2.29 bits per heavy atom. The summed E-state index contributed by atoms with van der Waals surface area (Å²) < 4.78 is 18.7. The van der Waals surface area contributed by atoms with Crippen molar-refractivity contribution >= 4 is 0 Å². The summed E-state index contributed by atoms with van der Waals surface area (Å²) >= 11 is 0. The Kier molecular flexibility index (Phi) is 4.00. The zero-order valence-electron chi connectivity index (χ0n) is 10.5. The molecule has 1 heterocycles. The molecule has 94 valence electrons. The summed E-state index contributed by atoms with van der Waals surface area (Å²) in [5.41, 5.74) is 1.88. The predicted molar refractivity (Wildman–Crippen MR) is 67.4 cm³/mol. The minimum absolute atomic E-state index is 0.442. The van der Waals surface area contributed by atoms with Crippen LogP contribution in [0.1, 0.15) is 43.0 Å². The average molecular weight is 237 g/mol. The first-order valence-corrected chi connectivity index (χ1v) is 6.25. The van der Waals surface area contributed by atoms with Gasteiger partial charge in [-0.2, -0.15) is 0 Å². The van der Waals surface area contributed by atoms with Gasteiger partial charge in [-0.05, 0) is 49.6 Å². The fraction of sp³-hybridized carbons (Fsp3) is 0.571. The van der Waals surface area contributed by atoms with Crippen LogP contribution in [0.25, 0.3) is 0 Å². The normalized spacial score (nSPS) is 22.2. The quantitative estimate of drug-likeness (QED) is 0.871. The van der Waals surface area contributed by atoms with Crippen LogP contribution in [0.2, 0.25) is 0 Å². The standard InChI is InChI=1S/C14H20FNO/c1-10(15)11-5-6-14(17-2)13(8-11)12-4-3-7-16-9-12/h5-6,8,10,12,16H,3-4,7,9H2,1-2H3. The van der Waals surface area contributed by atoms with Gasteiger partial charge in [0.15, 0.2) is 0 Å². The molecule has 0 amide bonds. The molecule has 1 fully saturated rings. The molecule has 3 heteroatoms. The van der Waals surface area contributed by atoms with E-state index in [1.54, 1.807) is 14.0 Å². The summed E-state index contributed by atoms with van der Waals surface area (Å²) in [5, 5.41) is 3.38. The monoisotopic (exact) mass is 237 g/mol. The van der Waals surface area contributed by atoms with Crippen LogP contribution in [0.4, 0.5) is 4.39 Å². The number of benzene rings is 1. The summed E-state index contributed by atoms with van der Waals surface area (Å²) in [6, 6.07) is 5.65. The molecule has 2 nitrogen and oxygen atoms in total. The van der Waals surface area contributed by atoms with E-state index in [4.69, 9.17) is 4.74 Å². The van der Waals surface area contributed by atoms with Crippen LogP contribution in [0, 0.1) is 0 Å². The van der Waals surface area contributed by atoms with E-state index in [-0.39, 0.29) is 0 Å². The van der Waals surface area contributed by atoms with E-state index in [1.165, 1.54) is 6.42 Å². The second-order valence-corrected chi connectivity index (χ2v) is 4.66. The van der Waals surface area contributed by atoms with E-state index in [0.717, 1.165) is 36.4 Å². The number of rotatable bonds is 3. The van der Waals surface area contributed by atoms with Gasteiger partial charge < -0.3 is 10.1 Å². The highest BCUT2D eigenvalue weighted by Gasteiger charge is 2.20. The van der Waals surface area contributed by atoms with Gasteiger partial charge in [0.2, 0.25) is 0 Å². The number of hydrogen-bond donors (Lipinski definition) is 1. The Hall–Kier alpha value is -1.09. The first-order valence-electron chi connectivity index (χ1n) is 6.25. The number of nitrogens with one attached hydrogen (secondary N) is 1. The summed E-state index contributed by atoms with van der Waals surface area (Å²) in [6.07, 6.45) is 1.40. The highest BCUT2D eigenvalue weighted by atomic mass is 19.1. The molecule has 0 saturated carbocycles. The first kappa shape index (κ1) is 12.4. The Balaban J connectivity index is 2.30. The number of halogens is 1. The molecule has 2 unspecified atom stereocenters. The van der Waals surface area contributed by atoms with Gasteiger partial charge in [-0.25, -0.2) is 4.39 Å². The van der Waals surface area contributed by atoms with Gasteiger partial charge in [0.05, 0.1) is 7.11 Å². The van der Waals surface area contributed by atoms with Crippen molar-refractivity contribution in [2.45, 2.75) is 31.9 Å². The maximum absolute atomic E-state index is 13.4. The molecule has 1 saturated heterocycles. The first-order chi connectivity index (χ1) is 8.22. The van der Waals surface area contributed by atoms with E-state index >= 15 is 0 Å². The van der Waals surface area contributed by atoms with Crippen LogP contribution in [-0.4, -0.2) is 20.2 Å². The van der Waals surface area contributed by atoms with Gasteiger partial charge in [-0.1, -0.05) is 6.07 Å². The van der Waals surface area contributed by atoms with Gasteiger partial charge in [0.25, 0.3) is 0 Å². The summed E-state index contributed by atoms with van der Waals surface area (Å²) in [5.74, 6) is 1.32. The van der Waals surface area contributed by atoms with Crippen LogP contribution in [-0.2, 0) is 0 Å². The van der Waals surface area contributed by atoms with E-state index in [9.17, 15) is 4.39 Å². The number of alkyl halides is 1. The van der Waals surface area contributed by atoms with E-state index in [2.05, 4.69) is 5.32 Å². The van der Waals surface area contributed by atoms with Crippen LogP contribution in [0.15, 0.2) is 18.2 Å². The van der Waals surface area contributed by atoms with E-state index in [0.29, 0.717) is 5.92 Å². The molecule has 0 aliphatic carbocycles. The minimum atomic E-state index is -0.920. The highest BCUT2D eigenvalue weighted by molar-refractivity contribution is 5.40. The molecular weight excluding hydrogens is 217 g/mol. The van der Waals surface area contributed by atoms with Gasteiger partial charge >= 0.3 is 0 Å². The molecule has 2 atom stereocenters. The molecule has 0 spiro atoms.